The maximum Gasteiger partial charge on any atom is 0.409 e. The molecule has 27 heavy (non-hydrogen) atoms. The summed E-state index contributed by atoms with van der Waals surface area (Å²) in [6, 6.07) is 10.2. The highest BCUT2D eigenvalue weighted by atomic mass is 35.5. The van der Waals surface area contributed by atoms with Crippen LogP contribution in [0.3, 0.4) is 0 Å². The highest BCUT2D eigenvalue weighted by molar-refractivity contribution is 7.98. The number of nitrogens with zero attached hydrogens (tertiary/aromatic N) is 2. The number of thioether (sulfide) groups is 1. The fourth-order valence-electron chi connectivity index (χ4n) is 3.69. The second-order valence-corrected chi connectivity index (χ2v) is 8.00. The lowest BCUT2D eigenvalue weighted by Gasteiger charge is -2.29. The second kappa shape index (κ2) is 7.95. The van der Waals surface area contributed by atoms with E-state index in [4.69, 9.17) is 21.3 Å². The van der Waals surface area contributed by atoms with Crippen LogP contribution < -0.4 is 0 Å². The normalized spacial score (nSPS) is 16.4. The Labute approximate surface area is 168 Å². The Hall–Kier alpha value is -1.98. The molecule has 0 saturated carbocycles. The summed E-state index contributed by atoms with van der Waals surface area (Å²) in [7, 11) is 0. The number of pyridine rings is 1. The van der Waals surface area contributed by atoms with Crippen LogP contribution in [0.15, 0.2) is 47.0 Å². The average molecular weight is 401 g/mol. The van der Waals surface area contributed by atoms with Gasteiger partial charge in [0, 0.05) is 46.1 Å². The zero-order chi connectivity index (χ0) is 18.8. The van der Waals surface area contributed by atoms with Crippen LogP contribution >= 0.6 is 23.4 Å². The Morgan fingerprint density at radius 2 is 2.07 bits per heavy atom. The number of likely N-dealkylation sites (tertiary alicyclic amines) is 1. The molecule has 0 N–H and O–H groups in total. The van der Waals surface area contributed by atoms with Gasteiger partial charge < -0.3 is 9.64 Å². The number of benzene rings is 1. The molecule has 4 rings (SSSR count). The van der Waals surface area contributed by atoms with Crippen molar-refractivity contribution < 1.29 is 9.53 Å². The number of ether oxygens (including phenoxy) is 1. The molecule has 1 saturated heterocycles. The molecule has 1 aromatic carbocycles. The number of hydrogen-bond donors (Lipinski definition) is 0. The zero-order valence-corrected chi connectivity index (χ0v) is 16.8. The average Bonchev–Trinajstić information content (AvgIpc) is 2.86. The first-order valence-corrected chi connectivity index (χ1v) is 10.5. The number of carbonyl (C=O) groups excluding carboxylic acids is 1. The third-order valence-electron chi connectivity index (χ3n) is 4.98. The molecule has 2 aliphatic rings. The third-order valence-corrected chi connectivity index (χ3v) is 6.40. The van der Waals surface area contributed by atoms with Gasteiger partial charge in [0.1, 0.15) is 0 Å². The molecular formula is C21H21ClN2O2S. The minimum atomic E-state index is -0.227. The molecule has 0 unspecified atom stereocenters. The predicted octanol–water partition coefficient (Wildman–Crippen LogP) is 5.39. The van der Waals surface area contributed by atoms with Gasteiger partial charge in [-0.15, -0.1) is 11.8 Å². The number of halogens is 1. The highest BCUT2D eigenvalue weighted by Crippen LogP contribution is 2.45. The van der Waals surface area contributed by atoms with E-state index in [-0.39, 0.29) is 6.09 Å². The number of amides is 1. The zero-order valence-electron chi connectivity index (χ0n) is 15.2. The fourth-order valence-corrected chi connectivity index (χ4v) is 5.09. The molecule has 1 aromatic heterocycles. The van der Waals surface area contributed by atoms with Gasteiger partial charge in [-0.1, -0.05) is 29.3 Å². The minimum absolute atomic E-state index is 0.227. The molecule has 0 atom stereocenters. The van der Waals surface area contributed by atoms with Gasteiger partial charge in [0.25, 0.3) is 0 Å². The van der Waals surface area contributed by atoms with Crippen LogP contribution in [0.5, 0.6) is 0 Å². The largest absolute Gasteiger partial charge is 0.450 e. The number of fused-ring (bicyclic) bond motifs is 2. The number of carbonyl (C=O) groups is 1. The highest BCUT2D eigenvalue weighted by Gasteiger charge is 2.28. The van der Waals surface area contributed by atoms with Crippen molar-refractivity contribution in [3.8, 4) is 0 Å². The van der Waals surface area contributed by atoms with Crippen LogP contribution in [-0.2, 0) is 10.5 Å². The minimum Gasteiger partial charge on any atom is -0.450 e. The van der Waals surface area contributed by atoms with Crippen molar-refractivity contribution in [2.75, 3.05) is 19.7 Å². The summed E-state index contributed by atoms with van der Waals surface area (Å²) in [4.78, 5) is 19.7. The number of aromatic nitrogens is 1. The summed E-state index contributed by atoms with van der Waals surface area (Å²) in [6.07, 6.45) is 3.23. The van der Waals surface area contributed by atoms with Gasteiger partial charge in [-0.2, -0.15) is 0 Å². The van der Waals surface area contributed by atoms with E-state index in [2.05, 4.69) is 12.1 Å². The van der Waals surface area contributed by atoms with Crippen LogP contribution in [0.2, 0.25) is 5.02 Å². The lowest BCUT2D eigenvalue weighted by atomic mass is 9.89. The van der Waals surface area contributed by atoms with Gasteiger partial charge in [0.05, 0.1) is 12.3 Å². The molecule has 4 nitrogen and oxygen atoms in total. The first-order chi connectivity index (χ1) is 13.2. The Bertz CT molecular complexity index is 903. The standard InChI is InChI=1S/C21H21ClN2O2S/c1-2-26-21(25)24-11-8-14(9-12-24)18-19-16(22)6-3-7-17(19)27-13-15-5-4-10-23-20(15)18/h3-7,10H,2,8-9,11-13H2,1H3. The van der Waals surface area contributed by atoms with Gasteiger partial charge in [-0.3, -0.25) is 4.98 Å². The van der Waals surface area contributed by atoms with E-state index >= 15 is 0 Å². The second-order valence-electron chi connectivity index (χ2n) is 6.58. The fraction of sp³-hybridized carbons (Fsp3) is 0.333. The summed E-state index contributed by atoms with van der Waals surface area (Å²) >= 11 is 8.46. The predicted molar refractivity (Wildman–Crippen MR) is 109 cm³/mol. The summed E-state index contributed by atoms with van der Waals surface area (Å²) in [6.45, 7) is 3.56. The van der Waals surface area contributed by atoms with Gasteiger partial charge in [-0.05, 0) is 43.5 Å². The van der Waals surface area contributed by atoms with Crippen molar-refractivity contribution in [3.05, 3.63) is 63.9 Å². The van der Waals surface area contributed by atoms with Crippen LogP contribution in [0.1, 0.15) is 36.6 Å². The molecule has 1 fully saturated rings. The van der Waals surface area contributed by atoms with E-state index in [0.29, 0.717) is 19.7 Å². The maximum atomic E-state index is 12.0. The molecule has 0 aliphatic carbocycles. The Balaban J connectivity index is 1.78. The number of piperidine rings is 1. The van der Waals surface area contributed by atoms with Crippen LogP contribution in [0.25, 0.3) is 5.57 Å². The first kappa shape index (κ1) is 18.4. The lowest BCUT2D eigenvalue weighted by molar-refractivity contribution is 0.104. The van der Waals surface area contributed by atoms with Gasteiger partial charge in [0.15, 0.2) is 0 Å². The van der Waals surface area contributed by atoms with Crippen molar-refractivity contribution in [1.29, 1.82) is 0 Å². The Morgan fingerprint density at radius 3 is 2.85 bits per heavy atom. The Morgan fingerprint density at radius 1 is 1.26 bits per heavy atom. The van der Waals surface area contributed by atoms with Crippen molar-refractivity contribution in [3.63, 3.8) is 0 Å². The van der Waals surface area contributed by atoms with Crippen LogP contribution in [0.4, 0.5) is 4.79 Å². The van der Waals surface area contributed by atoms with E-state index < -0.39 is 0 Å². The number of rotatable bonds is 1. The van der Waals surface area contributed by atoms with E-state index in [9.17, 15) is 4.79 Å². The molecule has 0 spiro atoms. The van der Waals surface area contributed by atoms with Crippen molar-refractivity contribution in [2.45, 2.75) is 30.4 Å². The van der Waals surface area contributed by atoms with Crippen molar-refractivity contribution in [2.24, 2.45) is 0 Å². The molecule has 0 bridgehead atoms. The van der Waals surface area contributed by atoms with Crippen molar-refractivity contribution >= 4 is 35.0 Å². The topological polar surface area (TPSA) is 42.4 Å². The van der Waals surface area contributed by atoms with Gasteiger partial charge >= 0.3 is 6.09 Å². The van der Waals surface area contributed by atoms with E-state index in [1.54, 1.807) is 16.7 Å². The summed E-state index contributed by atoms with van der Waals surface area (Å²) in [5.74, 6) is 0.877. The number of hydrogen-bond acceptors (Lipinski definition) is 4. The van der Waals surface area contributed by atoms with Crippen molar-refractivity contribution in [1.82, 2.24) is 9.88 Å². The lowest BCUT2D eigenvalue weighted by Crippen LogP contribution is -2.37. The van der Waals surface area contributed by atoms with Crippen LogP contribution in [0, 0.1) is 0 Å². The smallest absolute Gasteiger partial charge is 0.409 e. The molecule has 2 aliphatic heterocycles. The third kappa shape index (κ3) is 3.58. The van der Waals surface area contributed by atoms with Gasteiger partial charge in [-0.25, -0.2) is 4.79 Å². The van der Waals surface area contributed by atoms with Crippen LogP contribution in [-0.4, -0.2) is 35.7 Å². The molecule has 3 heterocycles. The van der Waals surface area contributed by atoms with E-state index in [0.717, 1.165) is 40.4 Å². The van der Waals surface area contributed by atoms with E-state index in [1.165, 1.54) is 16.0 Å². The van der Waals surface area contributed by atoms with Gasteiger partial charge in [0.2, 0.25) is 0 Å². The summed E-state index contributed by atoms with van der Waals surface area (Å²) < 4.78 is 5.15. The SMILES string of the molecule is CCOC(=O)N1CCC(=C2c3ncccc3CSc3cccc(Cl)c32)CC1. The Kier molecular flexibility index (Phi) is 5.41. The quantitative estimate of drug-likeness (QED) is 0.643. The monoisotopic (exact) mass is 400 g/mol. The molecule has 2 aromatic rings. The summed E-state index contributed by atoms with van der Waals surface area (Å²) in [5.41, 5.74) is 5.80. The first-order valence-electron chi connectivity index (χ1n) is 9.18. The maximum absolute atomic E-state index is 12.0. The molecule has 140 valence electrons. The molecule has 1 amide bonds. The molecular weight excluding hydrogens is 380 g/mol. The van der Waals surface area contributed by atoms with E-state index in [1.807, 2.05) is 31.3 Å². The molecule has 6 heteroatoms. The summed E-state index contributed by atoms with van der Waals surface area (Å²) in [5, 5.41) is 0.758. The molecule has 0 radical (unpaired) electrons.